The van der Waals surface area contributed by atoms with Crippen LogP contribution in [0.2, 0.25) is 0 Å². The van der Waals surface area contributed by atoms with E-state index in [1.807, 2.05) is 36.3 Å². The number of nitrogens with one attached hydrogen (secondary N) is 2. The third-order valence-electron chi connectivity index (χ3n) is 3.92. The molecule has 2 N–H and O–H groups in total. The molecule has 0 saturated carbocycles. The van der Waals surface area contributed by atoms with Gasteiger partial charge < -0.3 is 15.5 Å². The lowest BCUT2D eigenvalue weighted by Gasteiger charge is -2.31. The van der Waals surface area contributed by atoms with E-state index in [4.69, 9.17) is 0 Å². The molecule has 1 aliphatic heterocycles. The Morgan fingerprint density at radius 2 is 2.04 bits per heavy atom. The second kappa shape index (κ2) is 10.6. The average Bonchev–Trinajstić information content (AvgIpc) is 2.58. The molecule has 0 aliphatic carbocycles. The standard InChI is InChI=1S/C17H25N3O2S.ClH/c1-13-4-3-5-14(12-13)16(21)19-15(6-11-23-2)17(22)20-9-7-18-8-10-20;/h3-5,12,15,18H,6-11H2,1-2H3,(H,19,21);1H. The van der Waals surface area contributed by atoms with Crippen molar-refractivity contribution in [1.29, 1.82) is 0 Å². The van der Waals surface area contributed by atoms with Crippen molar-refractivity contribution in [3.8, 4) is 0 Å². The molecule has 0 spiro atoms. The van der Waals surface area contributed by atoms with E-state index in [1.54, 1.807) is 17.8 Å². The van der Waals surface area contributed by atoms with Crippen molar-refractivity contribution >= 4 is 36.0 Å². The fourth-order valence-electron chi connectivity index (χ4n) is 2.63. The van der Waals surface area contributed by atoms with Crippen molar-refractivity contribution in [3.05, 3.63) is 35.4 Å². The molecule has 1 aromatic rings. The fourth-order valence-corrected chi connectivity index (χ4v) is 3.10. The van der Waals surface area contributed by atoms with Gasteiger partial charge in [0.15, 0.2) is 0 Å². The first-order valence-corrected chi connectivity index (χ1v) is 9.37. The van der Waals surface area contributed by atoms with E-state index >= 15 is 0 Å². The molecule has 1 unspecified atom stereocenters. The lowest BCUT2D eigenvalue weighted by Crippen LogP contribution is -2.54. The zero-order valence-electron chi connectivity index (χ0n) is 14.2. The molecule has 1 aromatic carbocycles. The van der Waals surface area contributed by atoms with E-state index in [1.165, 1.54) is 0 Å². The SMILES string of the molecule is CSCCC(NC(=O)c1cccc(C)c1)C(=O)N1CCNCC1.Cl. The third kappa shape index (κ3) is 6.00. The van der Waals surface area contributed by atoms with Crippen molar-refractivity contribution in [1.82, 2.24) is 15.5 Å². The summed E-state index contributed by atoms with van der Waals surface area (Å²) in [6.07, 6.45) is 2.66. The van der Waals surface area contributed by atoms with Crippen molar-refractivity contribution in [2.75, 3.05) is 38.2 Å². The van der Waals surface area contributed by atoms with E-state index in [-0.39, 0.29) is 24.2 Å². The second-order valence-electron chi connectivity index (χ2n) is 5.75. The number of carbonyl (C=O) groups excluding carboxylic acids is 2. The van der Waals surface area contributed by atoms with Crippen LogP contribution in [0, 0.1) is 6.92 Å². The monoisotopic (exact) mass is 371 g/mol. The van der Waals surface area contributed by atoms with Gasteiger partial charge >= 0.3 is 0 Å². The highest BCUT2D eigenvalue weighted by atomic mass is 35.5. The van der Waals surface area contributed by atoms with Crippen LogP contribution in [0.4, 0.5) is 0 Å². The number of thioether (sulfide) groups is 1. The van der Waals surface area contributed by atoms with Gasteiger partial charge in [0.2, 0.25) is 5.91 Å². The first-order valence-electron chi connectivity index (χ1n) is 7.98. The van der Waals surface area contributed by atoms with E-state index in [9.17, 15) is 9.59 Å². The average molecular weight is 372 g/mol. The topological polar surface area (TPSA) is 61.4 Å². The van der Waals surface area contributed by atoms with Crippen LogP contribution >= 0.6 is 24.2 Å². The summed E-state index contributed by atoms with van der Waals surface area (Å²) in [5, 5.41) is 6.17. The van der Waals surface area contributed by atoms with E-state index in [2.05, 4.69) is 10.6 Å². The molecule has 2 amide bonds. The molecule has 0 bridgehead atoms. The molecule has 0 aromatic heterocycles. The van der Waals surface area contributed by atoms with Crippen LogP contribution in [0.3, 0.4) is 0 Å². The minimum absolute atomic E-state index is 0. The Labute approximate surface area is 154 Å². The highest BCUT2D eigenvalue weighted by Gasteiger charge is 2.26. The molecule has 24 heavy (non-hydrogen) atoms. The van der Waals surface area contributed by atoms with Gasteiger partial charge in [0.1, 0.15) is 6.04 Å². The molecule has 1 heterocycles. The smallest absolute Gasteiger partial charge is 0.251 e. The van der Waals surface area contributed by atoms with Crippen LogP contribution in [-0.2, 0) is 4.79 Å². The molecule has 1 fully saturated rings. The lowest BCUT2D eigenvalue weighted by atomic mass is 10.1. The second-order valence-corrected chi connectivity index (χ2v) is 6.74. The number of benzene rings is 1. The number of rotatable bonds is 6. The Morgan fingerprint density at radius 1 is 1.33 bits per heavy atom. The largest absolute Gasteiger partial charge is 0.340 e. The molecule has 7 heteroatoms. The summed E-state index contributed by atoms with van der Waals surface area (Å²) in [4.78, 5) is 27.0. The molecular weight excluding hydrogens is 346 g/mol. The predicted molar refractivity (Wildman–Crippen MR) is 102 cm³/mol. The Kier molecular flexibility index (Phi) is 9.18. The Balaban J connectivity index is 0.00000288. The van der Waals surface area contributed by atoms with Gasteiger partial charge in [0.05, 0.1) is 0 Å². The number of piperazine rings is 1. The van der Waals surface area contributed by atoms with Gasteiger partial charge in [-0.25, -0.2) is 0 Å². The number of aryl methyl sites for hydroxylation is 1. The third-order valence-corrected chi connectivity index (χ3v) is 4.57. The molecule has 2 rings (SSSR count). The first-order chi connectivity index (χ1) is 11.1. The Bertz CT molecular complexity index is 550. The molecular formula is C17H26ClN3O2S. The number of hydrogen-bond acceptors (Lipinski definition) is 4. The van der Waals surface area contributed by atoms with Gasteiger partial charge in [-0.15, -0.1) is 12.4 Å². The van der Waals surface area contributed by atoms with Crippen molar-refractivity contribution in [2.24, 2.45) is 0 Å². The van der Waals surface area contributed by atoms with E-state index < -0.39 is 6.04 Å². The summed E-state index contributed by atoms with van der Waals surface area (Å²) in [6, 6.07) is 6.99. The molecule has 1 saturated heterocycles. The summed E-state index contributed by atoms with van der Waals surface area (Å²) >= 11 is 1.68. The maximum absolute atomic E-state index is 12.7. The number of hydrogen-bond donors (Lipinski definition) is 2. The van der Waals surface area contributed by atoms with Crippen molar-refractivity contribution in [2.45, 2.75) is 19.4 Å². The fraction of sp³-hybridized carbons (Fsp3) is 0.529. The highest BCUT2D eigenvalue weighted by Crippen LogP contribution is 2.09. The van der Waals surface area contributed by atoms with Crippen LogP contribution in [0.5, 0.6) is 0 Å². The van der Waals surface area contributed by atoms with Gasteiger partial charge in [-0.1, -0.05) is 17.7 Å². The van der Waals surface area contributed by atoms with Crippen LogP contribution < -0.4 is 10.6 Å². The Morgan fingerprint density at radius 3 is 2.67 bits per heavy atom. The minimum Gasteiger partial charge on any atom is -0.340 e. The molecule has 134 valence electrons. The highest BCUT2D eigenvalue weighted by molar-refractivity contribution is 7.98. The van der Waals surface area contributed by atoms with Crippen LogP contribution in [0.15, 0.2) is 24.3 Å². The van der Waals surface area contributed by atoms with E-state index in [0.717, 1.165) is 24.4 Å². The van der Waals surface area contributed by atoms with Crippen LogP contribution in [0.25, 0.3) is 0 Å². The van der Waals surface area contributed by atoms with Gasteiger partial charge in [-0.05, 0) is 37.5 Å². The van der Waals surface area contributed by atoms with Gasteiger partial charge in [-0.2, -0.15) is 11.8 Å². The number of halogens is 1. The van der Waals surface area contributed by atoms with Crippen molar-refractivity contribution < 1.29 is 9.59 Å². The molecule has 5 nitrogen and oxygen atoms in total. The van der Waals surface area contributed by atoms with E-state index in [0.29, 0.717) is 25.1 Å². The Hall–Kier alpha value is -1.24. The normalized spacial score (nSPS) is 15.3. The lowest BCUT2D eigenvalue weighted by molar-refractivity contribution is -0.133. The summed E-state index contributed by atoms with van der Waals surface area (Å²) in [5.74, 6) is 0.696. The quantitative estimate of drug-likeness (QED) is 0.799. The van der Waals surface area contributed by atoms with Gasteiger partial charge in [-0.3, -0.25) is 9.59 Å². The van der Waals surface area contributed by atoms with Gasteiger partial charge in [0.25, 0.3) is 5.91 Å². The summed E-state index contributed by atoms with van der Waals surface area (Å²) in [5.41, 5.74) is 1.64. The zero-order chi connectivity index (χ0) is 16.7. The molecule has 1 atom stereocenters. The van der Waals surface area contributed by atoms with Crippen LogP contribution in [0.1, 0.15) is 22.3 Å². The number of carbonyl (C=O) groups is 2. The molecule has 1 aliphatic rings. The number of nitrogens with zero attached hydrogens (tertiary/aromatic N) is 1. The molecule has 0 radical (unpaired) electrons. The van der Waals surface area contributed by atoms with Crippen molar-refractivity contribution in [3.63, 3.8) is 0 Å². The summed E-state index contributed by atoms with van der Waals surface area (Å²) in [7, 11) is 0. The zero-order valence-corrected chi connectivity index (χ0v) is 15.8. The van der Waals surface area contributed by atoms with Gasteiger partial charge in [0, 0.05) is 31.7 Å². The predicted octanol–water partition coefficient (Wildman–Crippen LogP) is 1.70. The maximum atomic E-state index is 12.7. The maximum Gasteiger partial charge on any atom is 0.251 e. The summed E-state index contributed by atoms with van der Waals surface area (Å²) in [6.45, 7) is 4.98. The summed E-state index contributed by atoms with van der Waals surface area (Å²) < 4.78 is 0. The minimum atomic E-state index is -0.450. The number of amides is 2. The van der Waals surface area contributed by atoms with Crippen LogP contribution in [-0.4, -0.2) is 60.9 Å². The first kappa shape index (κ1) is 20.8.